The van der Waals surface area contributed by atoms with Crippen LogP contribution in [0.1, 0.15) is 30.3 Å². The molecule has 9 heteroatoms. The maximum atomic E-state index is 14.6. The molecule has 1 aromatic heterocycles. The number of nitrogen functional groups attached to an aromatic ring is 1. The summed E-state index contributed by atoms with van der Waals surface area (Å²) < 4.78 is 39.1. The van der Waals surface area contributed by atoms with Crippen molar-refractivity contribution in [2.75, 3.05) is 19.5 Å². The third-order valence-electron chi connectivity index (χ3n) is 3.55. The number of hydrogen-bond donors (Lipinski definition) is 1. The monoisotopic (exact) mass is 404 g/mol. The number of carbonyl (C=O) groups is 1. The van der Waals surface area contributed by atoms with E-state index < -0.39 is 39.7 Å². The van der Waals surface area contributed by atoms with Crippen molar-refractivity contribution in [3.8, 4) is 17.0 Å². The molecule has 0 saturated heterocycles. The molecule has 0 radical (unpaired) electrons. The Bertz CT molecular complexity index is 847. The van der Waals surface area contributed by atoms with E-state index in [1.807, 2.05) is 6.92 Å². The average molecular weight is 405 g/mol. The topological polar surface area (TPSA) is 74.4 Å². The fourth-order valence-electron chi connectivity index (χ4n) is 2.16. The Morgan fingerprint density at radius 2 is 1.96 bits per heavy atom. The lowest BCUT2D eigenvalue weighted by molar-refractivity contribution is 0.0493. The van der Waals surface area contributed by atoms with Crippen LogP contribution in [0.15, 0.2) is 12.1 Å². The van der Waals surface area contributed by atoms with Gasteiger partial charge in [0.15, 0.2) is 23.1 Å². The minimum absolute atomic E-state index is 0.00436. The van der Waals surface area contributed by atoms with E-state index in [1.54, 1.807) is 0 Å². The molecule has 0 fully saturated rings. The molecule has 0 aliphatic rings. The Kier molecular flexibility index (Phi) is 6.61. The van der Waals surface area contributed by atoms with Gasteiger partial charge in [0.1, 0.15) is 5.69 Å². The number of benzene rings is 1. The van der Waals surface area contributed by atoms with Gasteiger partial charge < -0.3 is 15.2 Å². The smallest absolute Gasteiger partial charge is 0.358 e. The zero-order valence-corrected chi connectivity index (χ0v) is 15.5. The molecule has 1 aromatic carbocycles. The van der Waals surface area contributed by atoms with Gasteiger partial charge in [-0.05, 0) is 18.6 Å². The first-order valence-electron chi connectivity index (χ1n) is 7.67. The van der Waals surface area contributed by atoms with E-state index in [0.29, 0.717) is 6.42 Å². The number of nitrogens with two attached hydrogens (primary N) is 1. The van der Waals surface area contributed by atoms with Crippen molar-refractivity contribution in [1.82, 2.24) is 4.98 Å². The zero-order chi connectivity index (χ0) is 19.4. The van der Waals surface area contributed by atoms with Crippen LogP contribution in [0.3, 0.4) is 0 Å². The predicted octanol–water partition coefficient (Wildman–Crippen LogP) is 4.88. The van der Waals surface area contributed by atoms with Gasteiger partial charge in [-0.15, -0.1) is 0 Å². The van der Waals surface area contributed by atoms with E-state index >= 15 is 0 Å². The van der Waals surface area contributed by atoms with Crippen LogP contribution in [0.5, 0.6) is 5.75 Å². The number of esters is 1. The van der Waals surface area contributed by atoms with Crippen molar-refractivity contribution in [2.45, 2.75) is 19.8 Å². The van der Waals surface area contributed by atoms with Crippen molar-refractivity contribution in [1.29, 1.82) is 0 Å². The third-order valence-corrected chi connectivity index (χ3v) is 4.23. The summed E-state index contributed by atoms with van der Waals surface area (Å²) in [5, 5.41) is -0.399. The van der Waals surface area contributed by atoms with E-state index in [1.165, 1.54) is 19.2 Å². The Hall–Kier alpha value is -2.12. The van der Waals surface area contributed by atoms with Gasteiger partial charge in [-0.2, -0.15) is 0 Å². The SMILES string of the molecule is CCCCOC(=O)c1nc(-c2ccc(Cl)c(OC)c2F)c(F)c(N)c1Cl. The van der Waals surface area contributed by atoms with Crippen molar-refractivity contribution >= 4 is 34.9 Å². The van der Waals surface area contributed by atoms with Crippen LogP contribution < -0.4 is 10.5 Å². The highest BCUT2D eigenvalue weighted by molar-refractivity contribution is 6.36. The lowest BCUT2D eigenvalue weighted by Crippen LogP contribution is -2.13. The molecule has 0 unspecified atom stereocenters. The summed E-state index contributed by atoms with van der Waals surface area (Å²) in [5.74, 6) is -3.18. The molecule has 0 bridgehead atoms. The van der Waals surface area contributed by atoms with Crippen molar-refractivity contribution in [2.24, 2.45) is 0 Å². The van der Waals surface area contributed by atoms with Gasteiger partial charge in [0.2, 0.25) is 0 Å². The number of nitrogens with zero attached hydrogens (tertiary/aromatic N) is 1. The standard InChI is InChI=1S/C17H16Cl2F2N2O3/c1-3-4-7-26-17(24)15-10(19)13(22)12(21)14(23-15)8-5-6-9(18)16(25-2)11(8)20/h5-6H,3-4,7H2,1-2H3,(H2,22,23). The van der Waals surface area contributed by atoms with Gasteiger partial charge in [-0.3, -0.25) is 0 Å². The molecule has 0 aliphatic carbocycles. The molecule has 5 nitrogen and oxygen atoms in total. The number of carbonyl (C=O) groups excluding carboxylic acids is 1. The summed E-state index contributed by atoms with van der Waals surface area (Å²) in [6.07, 6.45) is 1.44. The summed E-state index contributed by atoms with van der Waals surface area (Å²) in [6.45, 7) is 2.06. The highest BCUT2D eigenvalue weighted by atomic mass is 35.5. The molecular weight excluding hydrogens is 389 g/mol. The fraction of sp³-hybridized carbons (Fsp3) is 0.294. The first-order valence-corrected chi connectivity index (χ1v) is 8.42. The third kappa shape index (κ3) is 3.83. The lowest BCUT2D eigenvalue weighted by atomic mass is 10.1. The number of unbranched alkanes of at least 4 members (excludes halogenated alkanes) is 1. The molecule has 1 heterocycles. The minimum Gasteiger partial charge on any atom is -0.492 e. The number of hydrogen-bond acceptors (Lipinski definition) is 5. The summed E-state index contributed by atoms with van der Waals surface area (Å²) in [4.78, 5) is 16.0. The van der Waals surface area contributed by atoms with Crippen molar-refractivity contribution in [3.05, 3.63) is 39.5 Å². The highest BCUT2D eigenvalue weighted by Gasteiger charge is 2.26. The summed E-state index contributed by atoms with van der Waals surface area (Å²) in [5.41, 5.74) is 3.92. The molecule has 0 aliphatic heterocycles. The number of halogens is 4. The van der Waals surface area contributed by atoms with Crippen LogP contribution in [0.2, 0.25) is 10.0 Å². The van der Waals surface area contributed by atoms with Gasteiger partial charge in [-0.25, -0.2) is 18.6 Å². The summed E-state index contributed by atoms with van der Waals surface area (Å²) >= 11 is 11.8. The second kappa shape index (κ2) is 8.51. The normalized spacial score (nSPS) is 10.7. The highest BCUT2D eigenvalue weighted by Crippen LogP contribution is 2.38. The summed E-state index contributed by atoms with van der Waals surface area (Å²) in [7, 11) is 1.21. The van der Waals surface area contributed by atoms with E-state index in [2.05, 4.69) is 4.98 Å². The molecule has 2 N–H and O–H groups in total. The van der Waals surface area contributed by atoms with Gasteiger partial charge in [-0.1, -0.05) is 36.5 Å². The van der Waals surface area contributed by atoms with Gasteiger partial charge in [0.25, 0.3) is 0 Å². The lowest BCUT2D eigenvalue weighted by Gasteiger charge is -2.13. The molecule has 2 aromatic rings. The van der Waals surface area contributed by atoms with Crippen LogP contribution >= 0.6 is 23.2 Å². The summed E-state index contributed by atoms with van der Waals surface area (Å²) in [6, 6.07) is 2.51. The van der Waals surface area contributed by atoms with Gasteiger partial charge in [0.05, 0.1) is 29.4 Å². The second-order valence-electron chi connectivity index (χ2n) is 5.28. The second-order valence-corrected chi connectivity index (χ2v) is 6.07. The van der Waals surface area contributed by atoms with Gasteiger partial charge in [0, 0.05) is 5.56 Å². The number of ether oxygens (including phenoxy) is 2. The number of methoxy groups -OCH3 is 1. The average Bonchev–Trinajstić information content (AvgIpc) is 2.61. The maximum absolute atomic E-state index is 14.6. The van der Waals surface area contributed by atoms with Crippen LogP contribution in [0, 0.1) is 11.6 Å². The maximum Gasteiger partial charge on any atom is 0.358 e. The van der Waals surface area contributed by atoms with E-state index in [4.69, 9.17) is 38.4 Å². The predicted molar refractivity (Wildman–Crippen MR) is 95.8 cm³/mol. The molecule has 140 valence electrons. The Morgan fingerprint density at radius 3 is 2.58 bits per heavy atom. The van der Waals surface area contributed by atoms with Crippen LogP contribution in [-0.2, 0) is 4.74 Å². The van der Waals surface area contributed by atoms with Crippen LogP contribution in [0.25, 0.3) is 11.3 Å². The van der Waals surface area contributed by atoms with Crippen molar-refractivity contribution in [3.63, 3.8) is 0 Å². The minimum atomic E-state index is -1.07. The Morgan fingerprint density at radius 1 is 1.27 bits per heavy atom. The number of rotatable bonds is 6. The zero-order valence-electron chi connectivity index (χ0n) is 14.0. The molecule has 0 atom stereocenters. The molecule has 26 heavy (non-hydrogen) atoms. The largest absolute Gasteiger partial charge is 0.492 e. The van der Waals surface area contributed by atoms with Crippen molar-refractivity contribution < 1.29 is 23.0 Å². The number of anilines is 1. The molecular formula is C17H16Cl2F2N2O3. The van der Waals surface area contributed by atoms with E-state index in [0.717, 1.165) is 6.42 Å². The first kappa shape index (κ1) is 20.2. The molecule has 0 amide bonds. The van der Waals surface area contributed by atoms with E-state index in [-0.39, 0.29) is 22.9 Å². The fourth-order valence-corrected chi connectivity index (χ4v) is 2.58. The molecule has 2 rings (SSSR count). The Labute approximate surface area is 159 Å². The Balaban J connectivity index is 2.59. The quantitative estimate of drug-likeness (QED) is 0.548. The van der Waals surface area contributed by atoms with E-state index in [9.17, 15) is 13.6 Å². The molecule has 0 spiro atoms. The first-order chi connectivity index (χ1) is 12.3. The van der Waals surface area contributed by atoms with Crippen LogP contribution in [0.4, 0.5) is 14.5 Å². The number of aromatic nitrogens is 1. The number of pyridine rings is 1. The van der Waals surface area contributed by atoms with Gasteiger partial charge >= 0.3 is 5.97 Å². The molecule has 0 saturated carbocycles. The van der Waals surface area contributed by atoms with Crippen LogP contribution in [-0.4, -0.2) is 24.7 Å².